The largest absolute Gasteiger partial charge is 0.491 e. The lowest BCUT2D eigenvalue weighted by Crippen LogP contribution is -2.20. The fourth-order valence-electron chi connectivity index (χ4n) is 1.14. The van der Waals surface area contributed by atoms with Gasteiger partial charge in [0.15, 0.2) is 0 Å². The van der Waals surface area contributed by atoms with E-state index in [0.29, 0.717) is 18.9 Å². The summed E-state index contributed by atoms with van der Waals surface area (Å²) >= 11 is 0. The van der Waals surface area contributed by atoms with Crippen molar-refractivity contribution in [1.82, 2.24) is 5.32 Å². The highest BCUT2D eigenvalue weighted by Gasteiger charge is 2.07. The summed E-state index contributed by atoms with van der Waals surface area (Å²) in [5.74, 6) is -0.242. The molecule has 0 radical (unpaired) electrons. The Morgan fingerprint density at radius 3 is 3.00 bits per heavy atom. The molecule has 0 saturated heterocycles. The van der Waals surface area contributed by atoms with Crippen LogP contribution in [0.3, 0.4) is 0 Å². The van der Waals surface area contributed by atoms with E-state index in [0.717, 1.165) is 6.54 Å². The lowest BCUT2D eigenvalue weighted by Gasteiger charge is -2.07. The highest BCUT2D eigenvalue weighted by Crippen LogP contribution is 2.19. The number of ether oxygens (including phenoxy) is 1. The van der Waals surface area contributed by atoms with E-state index in [1.165, 1.54) is 12.1 Å². The Kier molecular flexibility index (Phi) is 4.58. The molecular weight excluding hydrogens is 195 g/mol. The number of hydrogen-bond acceptors (Lipinski definition) is 3. The van der Waals surface area contributed by atoms with Gasteiger partial charge in [-0.1, -0.05) is 13.0 Å². The first-order chi connectivity index (χ1) is 7.29. The van der Waals surface area contributed by atoms with Crippen LogP contribution in [0.2, 0.25) is 0 Å². The Labute approximate surface area is 88.5 Å². The minimum absolute atomic E-state index is 0.0333. The van der Waals surface area contributed by atoms with Crippen LogP contribution in [0.1, 0.15) is 12.5 Å². The highest BCUT2D eigenvalue weighted by molar-refractivity contribution is 5.43. The molecule has 0 aliphatic heterocycles. The first-order valence-electron chi connectivity index (χ1n) is 4.81. The van der Waals surface area contributed by atoms with Crippen LogP contribution in [0.5, 0.6) is 5.75 Å². The normalized spacial score (nSPS) is 9.67. The van der Waals surface area contributed by atoms with Gasteiger partial charge in [0.2, 0.25) is 0 Å². The van der Waals surface area contributed by atoms with Crippen LogP contribution in [0.15, 0.2) is 18.2 Å². The highest BCUT2D eigenvalue weighted by atomic mass is 19.1. The fraction of sp³-hybridized carbons (Fsp3) is 0.364. The maximum Gasteiger partial charge on any atom is 0.144 e. The summed E-state index contributed by atoms with van der Waals surface area (Å²) in [7, 11) is 0. The van der Waals surface area contributed by atoms with Crippen molar-refractivity contribution in [2.45, 2.75) is 6.92 Å². The summed E-state index contributed by atoms with van der Waals surface area (Å²) < 4.78 is 18.4. The van der Waals surface area contributed by atoms with Crippen LogP contribution in [0.4, 0.5) is 4.39 Å². The van der Waals surface area contributed by atoms with Crippen molar-refractivity contribution < 1.29 is 9.13 Å². The lowest BCUT2D eigenvalue weighted by molar-refractivity contribution is 0.313. The summed E-state index contributed by atoms with van der Waals surface area (Å²) in [5, 5.41) is 11.8. The van der Waals surface area contributed by atoms with E-state index < -0.39 is 5.82 Å². The van der Waals surface area contributed by atoms with E-state index >= 15 is 0 Å². The molecule has 80 valence electrons. The topological polar surface area (TPSA) is 45.0 Å². The number of rotatable bonds is 5. The molecular formula is C11H13FN2O. The second kappa shape index (κ2) is 5.99. The average Bonchev–Trinajstić information content (AvgIpc) is 2.24. The van der Waals surface area contributed by atoms with E-state index in [-0.39, 0.29) is 5.56 Å². The third-order valence-corrected chi connectivity index (χ3v) is 1.87. The number of benzene rings is 1. The lowest BCUT2D eigenvalue weighted by atomic mass is 10.2. The Morgan fingerprint density at radius 1 is 1.53 bits per heavy atom. The molecule has 0 fully saturated rings. The maximum absolute atomic E-state index is 13.1. The number of nitrogens with one attached hydrogen (secondary N) is 1. The van der Waals surface area contributed by atoms with E-state index in [2.05, 4.69) is 5.32 Å². The molecule has 0 heterocycles. The van der Waals surface area contributed by atoms with Gasteiger partial charge in [-0.15, -0.1) is 0 Å². The van der Waals surface area contributed by atoms with Gasteiger partial charge in [0, 0.05) is 6.54 Å². The van der Waals surface area contributed by atoms with Gasteiger partial charge in [0.05, 0.1) is 0 Å². The molecule has 0 saturated carbocycles. The van der Waals surface area contributed by atoms with Crippen molar-refractivity contribution in [3.8, 4) is 11.8 Å². The molecule has 4 heteroatoms. The molecule has 0 unspecified atom stereocenters. The molecule has 1 aromatic rings. The molecule has 0 aliphatic rings. The molecule has 0 aliphatic carbocycles. The quantitative estimate of drug-likeness (QED) is 0.749. The van der Waals surface area contributed by atoms with Gasteiger partial charge < -0.3 is 10.1 Å². The van der Waals surface area contributed by atoms with Crippen molar-refractivity contribution in [2.75, 3.05) is 19.7 Å². The van der Waals surface area contributed by atoms with Crippen molar-refractivity contribution in [3.63, 3.8) is 0 Å². The summed E-state index contributed by atoms with van der Waals surface area (Å²) in [5.41, 5.74) is -0.0333. The molecule has 1 N–H and O–H groups in total. The molecule has 1 aromatic carbocycles. The number of nitrogens with zero attached hydrogens (tertiary/aromatic N) is 1. The molecule has 0 amide bonds. The van der Waals surface area contributed by atoms with Gasteiger partial charge in [-0.05, 0) is 18.7 Å². The number of hydrogen-bond donors (Lipinski definition) is 1. The standard InChI is InChI=1S/C11H13FN2O/c1-2-14-6-7-15-11-5-3-4-10(12)9(11)8-13/h3-5,14H,2,6-7H2,1H3. The number of likely N-dealkylation sites (N-methyl/N-ethyl adjacent to an activating group) is 1. The molecule has 0 atom stereocenters. The van der Waals surface area contributed by atoms with Crippen molar-refractivity contribution >= 4 is 0 Å². The zero-order chi connectivity index (χ0) is 11.1. The van der Waals surface area contributed by atoms with Crippen LogP contribution in [-0.2, 0) is 0 Å². The predicted octanol–water partition coefficient (Wildman–Crippen LogP) is 1.69. The van der Waals surface area contributed by atoms with E-state index in [9.17, 15) is 4.39 Å². The minimum atomic E-state index is -0.543. The van der Waals surface area contributed by atoms with E-state index in [1.54, 1.807) is 12.1 Å². The van der Waals surface area contributed by atoms with Crippen molar-refractivity contribution in [1.29, 1.82) is 5.26 Å². The van der Waals surface area contributed by atoms with Crippen LogP contribution in [0, 0.1) is 17.1 Å². The maximum atomic E-state index is 13.1. The first kappa shape index (κ1) is 11.5. The van der Waals surface area contributed by atoms with Gasteiger partial charge >= 0.3 is 0 Å². The number of nitriles is 1. The van der Waals surface area contributed by atoms with Crippen molar-refractivity contribution in [3.05, 3.63) is 29.6 Å². The molecule has 0 spiro atoms. The zero-order valence-electron chi connectivity index (χ0n) is 8.59. The Hall–Kier alpha value is -1.60. The molecule has 15 heavy (non-hydrogen) atoms. The second-order valence-corrected chi connectivity index (χ2v) is 2.93. The Bertz CT molecular complexity index is 360. The second-order valence-electron chi connectivity index (χ2n) is 2.93. The minimum Gasteiger partial charge on any atom is -0.491 e. The monoisotopic (exact) mass is 208 g/mol. The summed E-state index contributed by atoms with van der Waals surface area (Å²) in [4.78, 5) is 0. The average molecular weight is 208 g/mol. The predicted molar refractivity (Wildman–Crippen MR) is 55.2 cm³/mol. The van der Waals surface area contributed by atoms with E-state index in [1.807, 2.05) is 6.92 Å². The smallest absolute Gasteiger partial charge is 0.144 e. The number of halogens is 1. The van der Waals surface area contributed by atoms with Crippen LogP contribution < -0.4 is 10.1 Å². The third-order valence-electron chi connectivity index (χ3n) is 1.87. The van der Waals surface area contributed by atoms with Gasteiger partial charge in [-0.2, -0.15) is 5.26 Å². The summed E-state index contributed by atoms with van der Waals surface area (Å²) in [6, 6.07) is 6.15. The van der Waals surface area contributed by atoms with Crippen LogP contribution in [0.25, 0.3) is 0 Å². The Morgan fingerprint density at radius 2 is 2.33 bits per heavy atom. The molecule has 0 bridgehead atoms. The summed E-state index contributed by atoms with van der Waals surface area (Å²) in [6.45, 7) is 3.95. The van der Waals surface area contributed by atoms with E-state index in [4.69, 9.17) is 10.00 Å². The van der Waals surface area contributed by atoms with Gasteiger partial charge in [-0.3, -0.25) is 0 Å². The van der Waals surface area contributed by atoms with Crippen LogP contribution >= 0.6 is 0 Å². The van der Waals surface area contributed by atoms with Crippen molar-refractivity contribution in [2.24, 2.45) is 0 Å². The SMILES string of the molecule is CCNCCOc1cccc(F)c1C#N. The summed E-state index contributed by atoms with van der Waals surface area (Å²) in [6.07, 6.45) is 0. The van der Waals surface area contributed by atoms with Gasteiger partial charge in [0.1, 0.15) is 29.8 Å². The molecule has 0 aromatic heterocycles. The third kappa shape index (κ3) is 3.22. The fourth-order valence-corrected chi connectivity index (χ4v) is 1.14. The van der Waals surface area contributed by atoms with Gasteiger partial charge in [0.25, 0.3) is 0 Å². The molecule has 3 nitrogen and oxygen atoms in total. The van der Waals surface area contributed by atoms with Crippen LogP contribution in [-0.4, -0.2) is 19.7 Å². The van der Waals surface area contributed by atoms with Gasteiger partial charge in [-0.25, -0.2) is 4.39 Å². The molecule has 1 rings (SSSR count). The zero-order valence-corrected chi connectivity index (χ0v) is 8.59. The Balaban J connectivity index is 2.61. The first-order valence-corrected chi connectivity index (χ1v) is 4.81.